The molecule has 1 aromatic rings. The SMILES string of the molecule is CCOC1CC(C#Cc2ccc(N3CC(CC(C)(C(=O)NO)S(C)(=O)=O)OC3=O)cc2)C1. The lowest BCUT2D eigenvalue weighted by Gasteiger charge is -2.31. The van der Waals surface area contributed by atoms with Crippen molar-refractivity contribution in [3.8, 4) is 11.8 Å². The third kappa shape index (κ3) is 5.06. The first-order valence-corrected chi connectivity index (χ1v) is 12.3. The fourth-order valence-electron chi connectivity index (χ4n) is 3.77. The monoisotopic (exact) mass is 464 g/mol. The third-order valence-electron chi connectivity index (χ3n) is 5.99. The summed E-state index contributed by atoms with van der Waals surface area (Å²) in [4.78, 5) is 25.7. The maximum Gasteiger partial charge on any atom is 0.414 e. The van der Waals surface area contributed by atoms with Crippen LogP contribution in [-0.2, 0) is 24.1 Å². The fourth-order valence-corrected chi connectivity index (χ4v) is 4.64. The summed E-state index contributed by atoms with van der Waals surface area (Å²) in [5.74, 6) is 5.63. The average Bonchev–Trinajstić information content (AvgIpc) is 3.08. The number of anilines is 1. The number of carbonyl (C=O) groups excluding carboxylic acids is 2. The number of hydrogen-bond donors (Lipinski definition) is 2. The Morgan fingerprint density at radius 1 is 1.34 bits per heavy atom. The number of nitrogens with zero attached hydrogens (tertiary/aromatic N) is 1. The molecule has 0 aromatic heterocycles. The lowest BCUT2D eigenvalue weighted by atomic mass is 9.82. The summed E-state index contributed by atoms with van der Waals surface area (Å²) in [6.45, 7) is 3.97. The lowest BCUT2D eigenvalue weighted by Crippen LogP contribution is -2.51. The third-order valence-corrected chi connectivity index (χ3v) is 7.98. The number of nitrogens with one attached hydrogen (secondary N) is 1. The van der Waals surface area contributed by atoms with Gasteiger partial charge in [-0.1, -0.05) is 11.8 Å². The van der Waals surface area contributed by atoms with Crippen LogP contribution in [0.25, 0.3) is 0 Å². The maximum absolute atomic E-state index is 12.4. The van der Waals surface area contributed by atoms with E-state index in [0.29, 0.717) is 24.3 Å². The largest absolute Gasteiger partial charge is 0.444 e. The molecular weight excluding hydrogens is 436 g/mol. The Morgan fingerprint density at radius 2 is 2.00 bits per heavy atom. The Hall–Kier alpha value is -2.61. The van der Waals surface area contributed by atoms with Gasteiger partial charge in [0, 0.05) is 36.5 Å². The summed E-state index contributed by atoms with van der Waals surface area (Å²) < 4.78 is 33.2. The van der Waals surface area contributed by atoms with E-state index in [1.807, 2.05) is 19.1 Å². The number of hydrogen-bond acceptors (Lipinski definition) is 7. The first-order chi connectivity index (χ1) is 15.1. The second kappa shape index (κ2) is 9.48. The Bertz CT molecular complexity index is 1020. The van der Waals surface area contributed by atoms with Gasteiger partial charge in [-0.15, -0.1) is 0 Å². The Labute approximate surface area is 187 Å². The summed E-state index contributed by atoms with van der Waals surface area (Å²) in [6.07, 6.45) is 1.34. The van der Waals surface area contributed by atoms with Gasteiger partial charge in [-0.05, 0) is 51.0 Å². The molecule has 2 fully saturated rings. The molecule has 2 atom stereocenters. The molecule has 1 aromatic carbocycles. The van der Waals surface area contributed by atoms with E-state index in [4.69, 9.17) is 14.7 Å². The van der Waals surface area contributed by atoms with Crippen molar-refractivity contribution >= 4 is 27.5 Å². The van der Waals surface area contributed by atoms with Crippen molar-refractivity contribution in [2.75, 3.05) is 24.3 Å². The Kier molecular flexibility index (Phi) is 7.12. The zero-order valence-electron chi connectivity index (χ0n) is 18.3. The summed E-state index contributed by atoms with van der Waals surface area (Å²) in [7, 11) is -3.89. The quantitative estimate of drug-likeness (QED) is 0.359. The van der Waals surface area contributed by atoms with Gasteiger partial charge in [-0.25, -0.2) is 18.7 Å². The molecule has 1 saturated carbocycles. The van der Waals surface area contributed by atoms with Gasteiger partial charge in [-0.2, -0.15) is 0 Å². The van der Waals surface area contributed by atoms with E-state index < -0.39 is 32.7 Å². The highest BCUT2D eigenvalue weighted by Gasteiger charge is 2.48. The van der Waals surface area contributed by atoms with Crippen LogP contribution in [0.2, 0.25) is 0 Å². The molecule has 0 spiro atoms. The van der Waals surface area contributed by atoms with Gasteiger partial charge in [0.2, 0.25) is 0 Å². The normalized spacial score (nSPS) is 24.6. The van der Waals surface area contributed by atoms with Crippen molar-refractivity contribution < 1.29 is 32.7 Å². The lowest BCUT2D eigenvalue weighted by molar-refractivity contribution is -0.132. The number of ether oxygens (including phenoxy) is 2. The Morgan fingerprint density at radius 3 is 2.56 bits per heavy atom. The highest BCUT2D eigenvalue weighted by Crippen LogP contribution is 2.31. The number of cyclic esters (lactones) is 1. The molecule has 32 heavy (non-hydrogen) atoms. The Balaban J connectivity index is 1.63. The minimum atomic E-state index is -3.89. The van der Waals surface area contributed by atoms with E-state index in [-0.39, 0.29) is 13.0 Å². The molecule has 9 nitrogen and oxygen atoms in total. The number of benzene rings is 1. The van der Waals surface area contributed by atoms with E-state index in [2.05, 4.69) is 11.8 Å². The van der Waals surface area contributed by atoms with Crippen LogP contribution in [0.3, 0.4) is 0 Å². The number of hydroxylamine groups is 1. The van der Waals surface area contributed by atoms with Crippen molar-refractivity contribution in [3.63, 3.8) is 0 Å². The summed E-state index contributed by atoms with van der Waals surface area (Å²) >= 11 is 0. The highest BCUT2D eigenvalue weighted by molar-refractivity contribution is 7.92. The van der Waals surface area contributed by atoms with Crippen LogP contribution in [0.1, 0.15) is 38.7 Å². The van der Waals surface area contributed by atoms with Crippen LogP contribution in [0, 0.1) is 17.8 Å². The van der Waals surface area contributed by atoms with Gasteiger partial charge < -0.3 is 9.47 Å². The van der Waals surface area contributed by atoms with Crippen LogP contribution in [0.5, 0.6) is 0 Å². The van der Waals surface area contributed by atoms with E-state index in [1.54, 1.807) is 12.1 Å². The van der Waals surface area contributed by atoms with Crippen LogP contribution in [0.15, 0.2) is 24.3 Å². The van der Waals surface area contributed by atoms with E-state index in [0.717, 1.165) is 24.7 Å². The second-order valence-corrected chi connectivity index (χ2v) is 10.8. The molecule has 1 saturated heterocycles. The zero-order valence-corrected chi connectivity index (χ0v) is 19.1. The van der Waals surface area contributed by atoms with Gasteiger partial charge in [0.05, 0.1) is 12.6 Å². The molecule has 10 heteroatoms. The molecule has 2 amide bonds. The summed E-state index contributed by atoms with van der Waals surface area (Å²) in [5.41, 5.74) is 2.79. The van der Waals surface area contributed by atoms with Crippen molar-refractivity contribution in [1.82, 2.24) is 5.48 Å². The van der Waals surface area contributed by atoms with Crippen LogP contribution >= 0.6 is 0 Å². The maximum atomic E-state index is 12.4. The van der Waals surface area contributed by atoms with Gasteiger partial charge >= 0.3 is 6.09 Å². The number of carbonyl (C=O) groups is 2. The standard InChI is InChI=1S/C22H28N2O7S/c1-4-30-18-11-16(12-18)6-5-15-7-9-17(10-8-15)24-14-19(31-21(24)26)13-22(2,20(25)23-27)32(3,28)29/h7-10,16,18-19,27H,4,11-14H2,1-3H3,(H,23,25). The van der Waals surface area contributed by atoms with Gasteiger partial charge in [0.15, 0.2) is 14.6 Å². The predicted molar refractivity (Wildman–Crippen MR) is 117 cm³/mol. The molecule has 1 heterocycles. The summed E-state index contributed by atoms with van der Waals surface area (Å²) in [6, 6.07) is 7.10. The van der Waals surface area contributed by atoms with E-state index >= 15 is 0 Å². The molecular formula is C22H28N2O7S. The molecule has 0 bridgehead atoms. The zero-order chi connectivity index (χ0) is 23.5. The molecule has 2 N–H and O–H groups in total. The van der Waals surface area contributed by atoms with Crippen LogP contribution in [0.4, 0.5) is 10.5 Å². The topological polar surface area (TPSA) is 122 Å². The van der Waals surface area contributed by atoms with Crippen LogP contribution < -0.4 is 10.4 Å². The fraction of sp³-hybridized carbons (Fsp3) is 0.545. The number of sulfone groups is 1. The second-order valence-electron chi connectivity index (χ2n) is 8.33. The molecule has 2 aliphatic rings. The first kappa shape index (κ1) is 24.0. The molecule has 3 rings (SSSR count). The van der Waals surface area contributed by atoms with Crippen molar-refractivity contribution in [1.29, 1.82) is 0 Å². The van der Waals surface area contributed by atoms with Crippen molar-refractivity contribution in [2.45, 2.75) is 50.1 Å². The highest BCUT2D eigenvalue weighted by atomic mass is 32.2. The molecule has 2 unspecified atom stereocenters. The van der Waals surface area contributed by atoms with E-state index in [9.17, 15) is 18.0 Å². The van der Waals surface area contributed by atoms with Crippen molar-refractivity contribution in [2.24, 2.45) is 5.92 Å². The number of rotatable bonds is 7. The van der Waals surface area contributed by atoms with Gasteiger partial charge in [0.1, 0.15) is 6.10 Å². The summed E-state index contributed by atoms with van der Waals surface area (Å²) in [5, 5.41) is 8.95. The molecule has 174 valence electrons. The minimum absolute atomic E-state index is 0.0779. The smallest absolute Gasteiger partial charge is 0.414 e. The first-order valence-electron chi connectivity index (χ1n) is 10.4. The molecule has 1 aliphatic carbocycles. The minimum Gasteiger partial charge on any atom is -0.444 e. The molecule has 1 aliphatic heterocycles. The van der Waals surface area contributed by atoms with Gasteiger partial charge in [-0.3, -0.25) is 14.9 Å². The van der Waals surface area contributed by atoms with Crippen molar-refractivity contribution in [3.05, 3.63) is 29.8 Å². The van der Waals surface area contributed by atoms with Gasteiger partial charge in [0.25, 0.3) is 5.91 Å². The number of amides is 2. The molecule has 0 radical (unpaired) electrons. The average molecular weight is 465 g/mol. The predicted octanol–water partition coefficient (Wildman–Crippen LogP) is 1.88. The van der Waals surface area contributed by atoms with E-state index in [1.165, 1.54) is 17.3 Å². The van der Waals surface area contributed by atoms with Crippen LogP contribution in [-0.4, -0.2) is 62.0 Å².